The molecular weight excluding hydrogens is 221 g/mol. The summed E-state index contributed by atoms with van der Waals surface area (Å²) in [6, 6.07) is -0.382. The van der Waals surface area contributed by atoms with E-state index in [1.165, 1.54) is 4.90 Å². The molecule has 0 aromatic carbocycles. The molecule has 1 atom stereocenters. The molecule has 0 aromatic heterocycles. The first-order valence-corrected chi connectivity index (χ1v) is 4.71. The van der Waals surface area contributed by atoms with Gasteiger partial charge >= 0.3 is 6.18 Å². The number of amides is 1. The second-order valence-corrected chi connectivity index (χ2v) is 3.19. The lowest BCUT2D eigenvalue weighted by Gasteiger charge is -2.23. The van der Waals surface area contributed by atoms with Crippen LogP contribution in [0.25, 0.3) is 4.85 Å². The van der Waals surface area contributed by atoms with Gasteiger partial charge in [-0.1, -0.05) is 0 Å². The second-order valence-electron chi connectivity index (χ2n) is 3.19. The molecule has 0 radical (unpaired) electrons. The maximum atomic E-state index is 11.8. The van der Waals surface area contributed by atoms with Crippen LogP contribution >= 0.6 is 0 Å². The third kappa shape index (κ3) is 5.39. The number of nitrogens with zero attached hydrogens (tertiary/aromatic N) is 2. The highest BCUT2D eigenvalue weighted by Crippen LogP contribution is 2.16. The fourth-order valence-electron chi connectivity index (χ4n) is 1.18. The van der Waals surface area contributed by atoms with Gasteiger partial charge in [-0.25, -0.2) is 6.57 Å². The minimum atomic E-state index is -4.49. The Bertz CT molecular complexity index is 304. The summed E-state index contributed by atoms with van der Waals surface area (Å²) >= 11 is 0. The predicted octanol–water partition coefficient (Wildman–Crippen LogP) is 2.26. The molecule has 0 N–H and O–H groups in total. The van der Waals surface area contributed by atoms with Crippen LogP contribution in [0, 0.1) is 6.57 Å². The van der Waals surface area contributed by atoms with Gasteiger partial charge in [0.05, 0.1) is 0 Å². The molecule has 0 unspecified atom stereocenters. The number of hydrogen-bond acceptors (Lipinski definition) is 1. The van der Waals surface area contributed by atoms with Crippen molar-refractivity contribution in [1.82, 2.24) is 4.90 Å². The molecule has 0 aromatic rings. The highest BCUT2D eigenvalue weighted by atomic mass is 19.4. The summed E-state index contributed by atoms with van der Waals surface area (Å²) in [7, 11) is 0. The number of rotatable bonds is 4. The Hall–Kier alpha value is -1.51. The van der Waals surface area contributed by atoms with E-state index in [4.69, 9.17) is 6.57 Å². The highest BCUT2D eigenvalue weighted by Gasteiger charge is 2.24. The Morgan fingerprint density at radius 2 is 2.12 bits per heavy atom. The number of halogens is 3. The van der Waals surface area contributed by atoms with Crippen molar-refractivity contribution in [2.24, 2.45) is 0 Å². The van der Waals surface area contributed by atoms with Crippen molar-refractivity contribution in [1.29, 1.82) is 0 Å². The SMILES string of the molecule is [C-]#[N+]C[C@@H](C)N(CC)C(=O)/C=C/C(F)(F)F. The monoisotopic (exact) mass is 234 g/mol. The van der Waals surface area contributed by atoms with Crippen LogP contribution in [0.3, 0.4) is 0 Å². The van der Waals surface area contributed by atoms with Crippen molar-refractivity contribution < 1.29 is 18.0 Å². The lowest BCUT2D eigenvalue weighted by molar-refractivity contribution is -0.128. The smallest absolute Gasteiger partial charge is 0.329 e. The van der Waals surface area contributed by atoms with Gasteiger partial charge in [0.2, 0.25) is 12.5 Å². The van der Waals surface area contributed by atoms with Gasteiger partial charge < -0.3 is 9.74 Å². The van der Waals surface area contributed by atoms with Crippen LogP contribution in [0.1, 0.15) is 13.8 Å². The van der Waals surface area contributed by atoms with E-state index >= 15 is 0 Å². The number of carbonyl (C=O) groups is 1. The molecule has 16 heavy (non-hydrogen) atoms. The van der Waals surface area contributed by atoms with E-state index in [0.717, 1.165) is 0 Å². The standard InChI is InChI=1S/C10H13F3N2O/c1-4-15(8(2)7-14-3)9(16)5-6-10(11,12)13/h5-6,8H,4,7H2,1-2H3/b6-5+/t8-/m1/s1. The van der Waals surface area contributed by atoms with Crippen LogP contribution in [0.4, 0.5) is 13.2 Å². The molecule has 0 bridgehead atoms. The molecular formula is C10H13F3N2O. The van der Waals surface area contributed by atoms with E-state index in [9.17, 15) is 18.0 Å². The minimum absolute atomic E-state index is 0.0828. The fourth-order valence-corrected chi connectivity index (χ4v) is 1.18. The van der Waals surface area contributed by atoms with Crippen molar-refractivity contribution in [3.8, 4) is 0 Å². The number of allylic oxidation sites excluding steroid dienone is 1. The van der Waals surface area contributed by atoms with Gasteiger partial charge in [0.1, 0.15) is 6.04 Å². The number of hydrogen-bond donors (Lipinski definition) is 0. The second kappa shape index (κ2) is 6.16. The van der Waals surface area contributed by atoms with Crippen LogP contribution in [0.5, 0.6) is 0 Å². The van der Waals surface area contributed by atoms with E-state index in [2.05, 4.69) is 4.85 Å². The molecule has 0 spiro atoms. The topological polar surface area (TPSA) is 24.7 Å². The Kier molecular flexibility index (Phi) is 5.57. The summed E-state index contributed by atoms with van der Waals surface area (Å²) in [5.74, 6) is -0.726. The lowest BCUT2D eigenvalue weighted by atomic mass is 10.2. The van der Waals surface area contributed by atoms with Crippen LogP contribution in [-0.4, -0.2) is 36.1 Å². The van der Waals surface area contributed by atoms with Gasteiger partial charge in [-0.15, -0.1) is 0 Å². The zero-order chi connectivity index (χ0) is 12.8. The van der Waals surface area contributed by atoms with Crippen LogP contribution < -0.4 is 0 Å². The van der Waals surface area contributed by atoms with Crippen LogP contribution in [0.2, 0.25) is 0 Å². The average Bonchev–Trinajstić information content (AvgIpc) is 2.15. The van der Waals surface area contributed by atoms with Gasteiger partial charge in [-0.3, -0.25) is 4.79 Å². The molecule has 3 nitrogen and oxygen atoms in total. The van der Waals surface area contributed by atoms with Crippen molar-refractivity contribution in [2.45, 2.75) is 26.1 Å². The van der Waals surface area contributed by atoms with Crippen LogP contribution in [-0.2, 0) is 4.79 Å². The van der Waals surface area contributed by atoms with Gasteiger partial charge in [0, 0.05) is 18.7 Å². The Balaban J connectivity index is 4.56. The summed E-state index contributed by atoms with van der Waals surface area (Å²) in [4.78, 5) is 15.7. The maximum absolute atomic E-state index is 11.8. The fraction of sp³-hybridized carbons (Fsp3) is 0.600. The summed E-state index contributed by atoms with van der Waals surface area (Å²) < 4.78 is 35.5. The molecule has 1 amide bonds. The van der Waals surface area contributed by atoms with E-state index in [1.807, 2.05) is 0 Å². The molecule has 0 aliphatic carbocycles. The largest absolute Gasteiger partial charge is 0.409 e. The summed E-state index contributed by atoms with van der Waals surface area (Å²) in [6.07, 6.45) is -4.09. The Labute approximate surface area is 92.4 Å². The zero-order valence-corrected chi connectivity index (χ0v) is 9.08. The average molecular weight is 234 g/mol. The van der Waals surface area contributed by atoms with Gasteiger partial charge in [0.25, 0.3) is 0 Å². The highest BCUT2D eigenvalue weighted by molar-refractivity contribution is 5.87. The Morgan fingerprint density at radius 1 is 1.56 bits per heavy atom. The van der Waals surface area contributed by atoms with E-state index in [0.29, 0.717) is 6.08 Å². The summed E-state index contributed by atoms with van der Waals surface area (Å²) in [6.45, 7) is 10.3. The molecule has 0 fully saturated rings. The van der Waals surface area contributed by atoms with E-state index < -0.39 is 12.1 Å². The van der Waals surface area contributed by atoms with E-state index in [1.54, 1.807) is 13.8 Å². The molecule has 0 aliphatic rings. The van der Waals surface area contributed by atoms with Gasteiger partial charge in [0.15, 0.2) is 0 Å². The predicted molar refractivity (Wildman–Crippen MR) is 53.5 cm³/mol. The van der Waals surface area contributed by atoms with Crippen molar-refractivity contribution >= 4 is 5.91 Å². The molecule has 6 heteroatoms. The maximum Gasteiger partial charge on any atom is 0.409 e. The lowest BCUT2D eigenvalue weighted by Crippen LogP contribution is -2.39. The Morgan fingerprint density at radius 3 is 2.50 bits per heavy atom. The summed E-state index contributed by atoms with van der Waals surface area (Å²) in [5, 5.41) is 0. The van der Waals surface area contributed by atoms with Gasteiger partial charge in [-0.2, -0.15) is 13.2 Å². The van der Waals surface area contributed by atoms with Crippen molar-refractivity contribution in [3.05, 3.63) is 23.6 Å². The third-order valence-electron chi connectivity index (χ3n) is 1.93. The van der Waals surface area contributed by atoms with E-state index in [-0.39, 0.29) is 25.2 Å². The third-order valence-corrected chi connectivity index (χ3v) is 1.93. The normalized spacial score (nSPS) is 13.5. The molecule has 0 saturated carbocycles. The van der Waals surface area contributed by atoms with Crippen molar-refractivity contribution in [2.75, 3.05) is 13.1 Å². The first kappa shape index (κ1) is 14.5. The van der Waals surface area contributed by atoms with Crippen molar-refractivity contribution in [3.63, 3.8) is 0 Å². The molecule has 0 heterocycles. The molecule has 0 aliphatic heterocycles. The summed E-state index contributed by atoms with van der Waals surface area (Å²) in [5.41, 5.74) is 0. The van der Waals surface area contributed by atoms with Crippen LogP contribution in [0.15, 0.2) is 12.2 Å². The quantitative estimate of drug-likeness (QED) is 0.541. The number of carbonyl (C=O) groups excluding carboxylic acids is 1. The number of likely N-dealkylation sites (N-methyl/N-ethyl adjacent to an activating group) is 1. The first-order chi connectivity index (χ1) is 7.31. The molecule has 90 valence electrons. The molecule has 0 rings (SSSR count). The zero-order valence-electron chi connectivity index (χ0n) is 9.08. The van der Waals surface area contributed by atoms with Gasteiger partial charge in [-0.05, 0) is 13.8 Å². The molecule has 0 saturated heterocycles. The minimum Gasteiger partial charge on any atom is -0.329 e. The first-order valence-electron chi connectivity index (χ1n) is 4.71. The number of alkyl halides is 3.